The van der Waals surface area contributed by atoms with Crippen molar-refractivity contribution in [1.29, 1.82) is 0 Å². The Morgan fingerprint density at radius 3 is 2.15 bits per heavy atom. The van der Waals surface area contributed by atoms with E-state index in [4.69, 9.17) is 0 Å². The summed E-state index contributed by atoms with van der Waals surface area (Å²) in [4.78, 5) is 28.0. The van der Waals surface area contributed by atoms with Crippen molar-refractivity contribution in [3.8, 4) is 0 Å². The second-order valence-corrected chi connectivity index (χ2v) is 6.90. The van der Waals surface area contributed by atoms with Crippen LogP contribution in [0.2, 0.25) is 0 Å². The molecule has 1 aliphatic rings. The van der Waals surface area contributed by atoms with E-state index in [0.717, 1.165) is 41.3 Å². The Bertz CT molecular complexity index is 822. The molecule has 3 amide bonds. The van der Waals surface area contributed by atoms with Crippen molar-refractivity contribution in [1.82, 2.24) is 4.90 Å². The molecule has 2 aromatic rings. The van der Waals surface area contributed by atoms with Gasteiger partial charge < -0.3 is 20.4 Å². The fourth-order valence-corrected chi connectivity index (χ4v) is 3.35. The number of benzene rings is 2. The SMILES string of the molecule is CC(=O)Nc1cccc(N2CCN(C(=O)Nc3c(C)cccc3C)CC2)c1. The van der Waals surface area contributed by atoms with Crippen molar-refractivity contribution in [2.75, 3.05) is 41.7 Å². The number of anilines is 3. The Kier molecular flexibility index (Phi) is 5.64. The van der Waals surface area contributed by atoms with Crippen molar-refractivity contribution in [3.05, 3.63) is 53.6 Å². The van der Waals surface area contributed by atoms with Crippen LogP contribution in [0.25, 0.3) is 0 Å². The lowest BCUT2D eigenvalue weighted by Crippen LogP contribution is -2.50. The maximum absolute atomic E-state index is 12.6. The van der Waals surface area contributed by atoms with Crippen LogP contribution in [0, 0.1) is 13.8 Å². The molecule has 142 valence electrons. The van der Waals surface area contributed by atoms with Crippen LogP contribution in [0.1, 0.15) is 18.1 Å². The molecule has 6 nitrogen and oxygen atoms in total. The molecular formula is C21H26N4O2. The summed E-state index contributed by atoms with van der Waals surface area (Å²) in [6, 6.07) is 13.7. The average Bonchev–Trinajstić information content (AvgIpc) is 2.64. The summed E-state index contributed by atoms with van der Waals surface area (Å²) in [6.45, 7) is 8.32. The summed E-state index contributed by atoms with van der Waals surface area (Å²) in [5.41, 5.74) is 4.87. The zero-order valence-electron chi connectivity index (χ0n) is 16.1. The highest BCUT2D eigenvalue weighted by molar-refractivity contribution is 5.91. The zero-order chi connectivity index (χ0) is 19.4. The van der Waals surface area contributed by atoms with E-state index >= 15 is 0 Å². The number of aryl methyl sites for hydroxylation is 2. The van der Waals surface area contributed by atoms with E-state index in [1.807, 2.05) is 61.2 Å². The first-order chi connectivity index (χ1) is 12.9. The molecule has 3 rings (SSSR count). The van der Waals surface area contributed by atoms with Crippen LogP contribution < -0.4 is 15.5 Å². The maximum Gasteiger partial charge on any atom is 0.321 e. The first-order valence-corrected chi connectivity index (χ1v) is 9.19. The molecule has 1 fully saturated rings. The molecule has 1 saturated heterocycles. The number of carbonyl (C=O) groups excluding carboxylic acids is 2. The van der Waals surface area contributed by atoms with Gasteiger partial charge >= 0.3 is 6.03 Å². The van der Waals surface area contributed by atoms with Crippen LogP contribution in [0.3, 0.4) is 0 Å². The smallest absolute Gasteiger partial charge is 0.321 e. The first-order valence-electron chi connectivity index (χ1n) is 9.19. The standard InChI is InChI=1S/C21H26N4O2/c1-15-6-4-7-16(2)20(15)23-21(27)25-12-10-24(11-13-25)19-9-5-8-18(14-19)22-17(3)26/h4-9,14H,10-13H2,1-3H3,(H,22,26)(H,23,27). The van der Waals surface area contributed by atoms with E-state index < -0.39 is 0 Å². The Hall–Kier alpha value is -3.02. The summed E-state index contributed by atoms with van der Waals surface area (Å²) < 4.78 is 0. The van der Waals surface area contributed by atoms with Gasteiger partial charge in [-0.3, -0.25) is 4.79 Å². The number of nitrogens with zero attached hydrogens (tertiary/aromatic N) is 2. The van der Waals surface area contributed by atoms with Crippen LogP contribution in [-0.4, -0.2) is 43.0 Å². The number of para-hydroxylation sites is 1. The largest absolute Gasteiger partial charge is 0.368 e. The Morgan fingerprint density at radius 1 is 0.889 bits per heavy atom. The van der Waals surface area contributed by atoms with Gasteiger partial charge in [-0.05, 0) is 43.2 Å². The van der Waals surface area contributed by atoms with E-state index in [1.165, 1.54) is 6.92 Å². The number of piperazine rings is 1. The van der Waals surface area contributed by atoms with Crippen molar-refractivity contribution < 1.29 is 9.59 Å². The quantitative estimate of drug-likeness (QED) is 0.872. The maximum atomic E-state index is 12.6. The van der Waals surface area contributed by atoms with Crippen molar-refractivity contribution in [3.63, 3.8) is 0 Å². The first kappa shape index (κ1) is 18.8. The number of carbonyl (C=O) groups is 2. The monoisotopic (exact) mass is 366 g/mol. The Morgan fingerprint density at radius 2 is 1.52 bits per heavy atom. The third-order valence-corrected chi connectivity index (χ3v) is 4.81. The summed E-state index contributed by atoms with van der Waals surface area (Å²) in [7, 11) is 0. The molecule has 0 saturated carbocycles. The minimum absolute atomic E-state index is 0.0564. The molecule has 6 heteroatoms. The lowest BCUT2D eigenvalue weighted by atomic mass is 10.1. The molecule has 0 aliphatic carbocycles. The number of amides is 3. The second-order valence-electron chi connectivity index (χ2n) is 6.90. The van der Waals surface area contributed by atoms with Crippen LogP contribution >= 0.6 is 0 Å². The number of nitrogens with one attached hydrogen (secondary N) is 2. The molecule has 0 unspecified atom stereocenters. The highest BCUT2D eigenvalue weighted by atomic mass is 16.2. The van der Waals surface area contributed by atoms with Crippen molar-refractivity contribution >= 4 is 29.0 Å². The average molecular weight is 366 g/mol. The lowest BCUT2D eigenvalue weighted by Gasteiger charge is -2.36. The molecule has 1 aliphatic heterocycles. The van der Waals surface area contributed by atoms with Gasteiger partial charge in [-0.15, -0.1) is 0 Å². The number of hydrogen-bond donors (Lipinski definition) is 2. The van der Waals surface area contributed by atoms with Gasteiger partial charge in [0.05, 0.1) is 0 Å². The highest BCUT2D eigenvalue weighted by Gasteiger charge is 2.22. The Balaban J connectivity index is 1.60. The molecule has 0 radical (unpaired) electrons. The summed E-state index contributed by atoms with van der Waals surface area (Å²) in [6.07, 6.45) is 0. The van der Waals surface area contributed by atoms with Gasteiger partial charge in [-0.25, -0.2) is 4.79 Å². The molecule has 0 aromatic heterocycles. The van der Waals surface area contributed by atoms with Crippen LogP contribution in [0.4, 0.5) is 21.9 Å². The van der Waals surface area contributed by atoms with E-state index in [9.17, 15) is 9.59 Å². The van der Waals surface area contributed by atoms with Crippen LogP contribution in [0.5, 0.6) is 0 Å². The molecule has 27 heavy (non-hydrogen) atoms. The number of rotatable bonds is 3. The van der Waals surface area contributed by atoms with E-state index in [2.05, 4.69) is 15.5 Å². The Labute approximate surface area is 160 Å². The van der Waals surface area contributed by atoms with E-state index in [1.54, 1.807) is 0 Å². The molecule has 1 heterocycles. The van der Waals surface area contributed by atoms with Crippen molar-refractivity contribution in [2.24, 2.45) is 0 Å². The van der Waals surface area contributed by atoms with E-state index in [-0.39, 0.29) is 11.9 Å². The van der Waals surface area contributed by atoms with Gasteiger partial charge in [0.25, 0.3) is 0 Å². The minimum Gasteiger partial charge on any atom is -0.368 e. The van der Waals surface area contributed by atoms with Gasteiger partial charge in [-0.1, -0.05) is 24.3 Å². The third-order valence-electron chi connectivity index (χ3n) is 4.81. The van der Waals surface area contributed by atoms with Crippen LogP contribution in [0.15, 0.2) is 42.5 Å². The third kappa shape index (κ3) is 4.58. The highest BCUT2D eigenvalue weighted by Crippen LogP contribution is 2.23. The van der Waals surface area contributed by atoms with Gasteiger partial charge in [0.2, 0.25) is 5.91 Å². The molecule has 0 spiro atoms. The fourth-order valence-electron chi connectivity index (χ4n) is 3.35. The molecule has 0 bridgehead atoms. The predicted octanol–water partition coefficient (Wildman–Crippen LogP) is 3.62. The molecule has 2 N–H and O–H groups in total. The van der Waals surface area contributed by atoms with Gasteiger partial charge in [0.1, 0.15) is 0 Å². The fraction of sp³-hybridized carbons (Fsp3) is 0.333. The van der Waals surface area contributed by atoms with Gasteiger partial charge in [-0.2, -0.15) is 0 Å². The van der Waals surface area contributed by atoms with Crippen LogP contribution in [-0.2, 0) is 4.79 Å². The minimum atomic E-state index is -0.0832. The number of hydrogen-bond acceptors (Lipinski definition) is 3. The summed E-state index contributed by atoms with van der Waals surface area (Å²) >= 11 is 0. The van der Waals surface area contributed by atoms with Gasteiger partial charge in [0, 0.05) is 50.2 Å². The van der Waals surface area contributed by atoms with E-state index in [0.29, 0.717) is 13.1 Å². The second kappa shape index (κ2) is 8.12. The van der Waals surface area contributed by atoms with Gasteiger partial charge in [0.15, 0.2) is 0 Å². The molecule has 0 atom stereocenters. The molecule has 2 aromatic carbocycles. The normalized spacial score (nSPS) is 14.0. The number of urea groups is 1. The zero-order valence-corrected chi connectivity index (χ0v) is 16.1. The van der Waals surface area contributed by atoms with Crippen molar-refractivity contribution in [2.45, 2.75) is 20.8 Å². The summed E-state index contributed by atoms with van der Waals surface area (Å²) in [5, 5.41) is 5.86. The lowest BCUT2D eigenvalue weighted by molar-refractivity contribution is -0.114. The topological polar surface area (TPSA) is 64.7 Å². The summed E-state index contributed by atoms with van der Waals surface area (Å²) in [5.74, 6) is -0.0832. The predicted molar refractivity (Wildman–Crippen MR) is 109 cm³/mol. The molecular weight excluding hydrogens is 340 g/mol.